The number of hydrogen-bond donors (Lipinski definition) is 1. The van der Waals surface area contributed by atoms with E-state index >= 15 is 0 Å². The number of carbonyl (C=O) groups is 1. The molecule has 0 atom stereocenters. The van der Waals surface area contributed by atoms with Crippen molar-refractivity contribution in [2.75, 3.05) is 38.2 Å². The first-order chi connectivity index (χ1) is 10.8. The molecule has 1 N–H and O–H groups in total. The molecule has 1 amide bonds. The number of morpholine rings is 1. The Morgan fingerprint density at radius 3 is 2.77 bits per heavy atom. The van der Waals surface area contributed by atoms with Gasteiger partial charge >= 0.3 is 0 Å². The number of anilines is 1. The summed E-state index contributed by atoms with van der Waals surface area (Å²) in [5.41, 5.74) is 1.20. The molecule has 0 radical (unpaired) electrons. The van der Waals surface area contributed by atoms with Crippen molar-refractivity contribution in [2.24, 2.45) is 0 Å². The summed E-state index contributed by atoms with van der Waals surface area (Å²) in [6.07, 6.45) is 0.762. The summed E-state index contributed by atoms with van der Waals surface area (Å²) < 4.78 is 5.24. The van der Waals surface area contributed by atoms with E-state index in [4.69, 9.17) is 4.74 Å². The molecule has 2 heterocycles. The minimum atomic E-state index is 0.0723. The number of carbonyl (C=O) groups excluding carboxylic acids is 1. The molecule has 0 spiro atoms. The van der Waals surface area contributed by atoms with Crippen molar-refractivity contribution in [1.82, 2.24) is 15.1 Å². The van der Waals surface area contributed by atoms with Crippen molar-refractivity contribution in [3.8, 4) is 0 Å². The van der Waals surface area contributed by atoms with Crippen LogP contribution in [0, 0.1) is 0 Å². The van der Waals surface area contributed by atoms with Gasteiger partial charge in [-0.05, 0) is 5.56 Å². The molecule has 3 rings (SSSR count). The average molecular weight is 318 g/mol. The Balaban J connectivity index is 1.50. The van der Waals surface area contributed by atoms with E-state index in [1.54, 1.807) is 0 Å². The van der Waals surface area contributed by atoms with Crippen LogP contribution >= 0.6 is 11.3 Å². The molecule has 116 valence electrons. The van der Waals surface area contributed by atoms with Crippen LogP contribution in [-0.4, -0.2) is 53.9 Å². The van der Waals surface area contributed by atoms with Crippen LogP contribution in [-0.2, 0) is 16.0 Å². The monoisotopic (exact) mass is 318 g/mol. The number of nitrogens with zero attached hydrogens (tertiary/aromatic N) is 3. The zero-order valence-corrected chi connectivity index (χ0v) is 13.0. The second-order valence-electron chi connectivity index (χ2n) is 5.01. The van der Waals surface area contributed by atoms with Gasteiger partial charge in [0.2, 0.25) is 11.0 Å². The maximum Gasteiger partial charge on any atom is 0.242 e. The van der Waals surface area contributed by atoms with E-state index in [0.717, 1.165) is 11.4 Å². The first-order valence-corrected chi connectivity index (χ1v) is 8.08. The third-order valence-corrected chi connectivity index (χ3v) is 4.30. The Labute approximate surface area is 133 Å². The van der Waals surface area contributed by atoms with E-state index < -0.39 is 0 Å². The van der Waals surface area contributed by atoms with E-state index in [1.165, 1.54) is 16.9 Å². The Morgan fingerprint density at radius 1 is 1.23 bits per heavy atom. The first kappa shape index (κ1) is 14.9. The van der Waals surface area contributed by atoms with E-state index in [2.05, 4.69) is 27.6 Å². The molecule has 6 nitrogen and oxygen atoms in total. The van der Waals surface area contributed by atoms with Crippen LogP contribution in [0.25, 0.3) is 0 Å². The lowest BCUT2D eigenvalue weighted by Crippen LogP contribution is -2.43. The summed E-state index contributed by atoms with van der Waals surface area (Å²) in [7, 11) is 0. The number of benzene rings is 1. The molecule has 0 saturated carbocycles. The Bertz CT molecular complexity index is 611. The van der Waals surface area contributed by atoms with Crippen LogP contribution < -0.4 is 5.32 Å². The number of rotatable bonds is 5. The molecule has 0 aliphatic carbocycles. The third kappa shape index (κ3) is 4.02. The highest BCUT2D eigenvalue weighted by atomic mass is 32.1. The van der Waals surface area contributed by atoms with Gasteiger partial charge in [-0.25, -0.2) is 0 Å². The average Bonchev–Trinajstić information content (AvgIpc) is 3.02. The van der Waals surface area contributed by atoms with Crippen molar-refractivity contribution in [2.45, 2.75) is 6.42 Å². The zero-order chi connectivity index (χ0) is 15.2. The molecular formula is C15H18N4O2S. The number of hydrogen-bond acceptors (Lipinski definition) is 6. The van der Waals surface area contributed by atoms with Gasteiger partial charge < -0.3 is 15.0 Å². The fourth-order valence-corrected chi connectivity index (χ4v) is 3.01. The fraction of sp³-hybridized carbons (Fsp3) is 0.400. The lowest BCUT2D eigenvalue weighted by atomic mass is 10.2. The van der Waals surface area contributed by atoms with Crippen molar-refractivity contribution >= 4 is 22.4 Å². The van der Waals surface area contributed by atoms with Crippen molar-refractivity contribution in [3.63, 3.8) is 0 Å². The second-order valence-corrected chi connectivity index (χ2v) is 6.07. The number of ether oxygens (including phenoxy) is 1. The topological polar surface area (TPSA) is 67.4 Å². The lowest BCUT2D eigenvalue weighted by Gasteiger charge is -2.26. The molecule has 7 heteroatoms. The van der Waals surface area contributed by atoms with E-state index in [-0.39, 0.29) is 12.5 Å². The van der Waals surface area contributed by atoms with Gasteiger partial charge in [0.05, 0.1) is 19.8 Å². The molecule has 22 heavy (non-hydrogen) atoms. The van der Waals surface area contributed by atoms with Crippen LogP contribution in [0.1, 0.15) is 10.6 Å². The molecule has 1 fully saturated rings. The fourth-order valence-electron chi connectivity index (χ4n) is 2.24. The maximum absolute atomic E-state index is 12.0. The van der Waals surface area contributed by atoms with Crippen molar-refractivity contribution in [1.29, 1.82) is 0 Å². The molecule has 1 aromatic carbocycles. The van der Waals surface area contributed by atoms with Gasteiger partial charge in [-0.1, -0.05) is 41.7 Å². The van der Waals surface area contributed by atoms with Gasteiger partial charge in [0, 0.05) is 19.5 Å². The molecule has 1 saturated heterocycles. The van der Waals surface area contributed by atoms with Gasteiger partial charge in [0.15, 0.2) is 0 Å². The maximum atomic E-state index is 12.0. The highest BCUT2D eigenvalue weighted by Crippen LogP contribution is 2.18. The molecule has 2 aromatic rings. The summed E-state index contributed by atoms with van der Waals surface area (Å²) in [6.45, 7) is 2.81. The molecule has 1 aliphatic rings. The summed E-state index contributed by atoms with van der Waals surface area (Å²) in [6, 6.07) is 10.1. The molecule has 0 unspecified atom stereocenters. The number of amides is 1. The van der Waals surface area contributed by atoms with Crippen LogP contribution in [0.5, 0.6) is 0 Å². The van der Waals surface area contributed by atoms with Crippen LogP contribution in [0.4, 0.5) is 5.13 Å². The minimum absolute atomic E-state index is 0.0723. The van der Waals surface area contributed by atoms with Crippen LogP contribution in [0.3, 0.4) is 0 Å². The molecule has 0 bridgehead atoms. The Kier molecular flexibility index (Phi) is 4.97. The predicted molar refractivity (Wildman–Crippen MR) is 85.0 cm³/mol. The van der Waals surface area contributed by atoms with Gasteiger partial charge in [0.25, 0.3) is 0 Å². The number of nitrogens with one attached hydrogen (secondary N) is 1. The largest absolute Gasteiger partial charge is 0.378 e. The molecule has 1 aromatic heterocycles. The van der Waals surface area contributed by atoms with Gasteiger partial charge in [0.1, 0.15) is 5.01 Å². The minimum Gasteiger partial charge on any atom is -0.378 e. The second kappa shape index (κ2) is 7.33. The highest BCUT2D eigenvalue weighted by molar-refractivity contribution is 7.15. The van der Waals surface area contributed by atoms with Crippen LogP contribution in [0.15, 0.2) is 30.3 Å². The first-order valence-electron chi connectivity index (χ1n) is 7.27. The van der Waals surface area contributed by atoms with Crippen molar-refractivity contribution in [3.05, 3.63) is 40.9 Å². The van der Waals surface area contributed by atoms with Crippen molar-refractivity contribution < 1.29 is 9.53 Å². The summed E-state index contributed by atoms with van der Waals surface area (Å²) >= 11 is 1.49. The summed E-state index contributed by atoms with van der Waals surface area (Å²) in [5, 5.41) is 12.9. The van der Waals surface area contributed by atoms with Gasteiger partial charge in [-0.2, -0.15) is 0 Å². The predicted octanol–water partition coefficient (Wildman–Crippen LogP) is 1.40. The van der Waals surface area contributed by atoms with E-state index in [9.17, 15) is 4.79 Å². The molecular weight excluding hydrogens is 300 g/mol. The summed E-state index contributed by atoms with van der Waals surface area (Å²) in [5.74, 6) is 0.0723. The number of aromatic nitrogens is 2. The van der Waals surface area contributed by atoms with Crippen LogP contribution in [0.2, 0.25) is 0 Å². The standard InChI is InChI=1S/C15H18N4O2S/c20-14(19-6-8-21-9-7-19)11-16-15-18-17-13(22-15)10-12-4-2-1-3-5-12/h1-5H,6-11H2,(H,16,18). The Morgan fingerprint density at radius 2 is 2.00 bits per heavy atom. The third-order valence-electron chi connectivity index (χ3n) is 3.42. The molecule has 1 aliphatic heterocycles. The summed E-state index contributed by atoms with van der Waals surface area (Å²) in [4.78, 5) is 13.8. The Hall–Kier alpha value is -1.99. The lowest BCUT2D eigenvalue weighted by molar-refractivity contribution is -0.133. The van der Waals surface area contributed by atoms with E-state index in [1.807, 2.05) is 23.1 Å². The van der Waals surface area contributed by atoms with E-state index in [0.29, 0.717) is 31.4 Å². The smallest absolute Gasteiger partial charge is 0.242 e. The normalized spacial score (nSPS) is 14.8. The van der Waals surface area contributed by atoms with Gasteiger partial charge in [-0.15, -0.1) is 10.2 Å². The highest BCUT2D eigenvalue weighted by Gasteiger charge is 2.16. The zero-order valence-electron chi connectivity index (χ0n) is 12.2. The quantitative estimate of drug-likeness (QED) is 0.902. The van der Waals surface area contributed by atoms with Gasteiger partial charge in [-0.3, -0.25) is 4.79 Å². The SMILES string of the molecule is O=C(CNc1nnc(Cc2ccccc2)s1)N1CCOCC1.